The van der Waals surface area contributed by atoms with Crippen LogP contribution in [-0.2, 0) is 5.67 Å². The van der Waals surface area contributed by atoms with Gasteiger partial charge in [-0.1, -0.05) is 30.7 Å². The Balaban J connectivity index is 0.00000200. The Morgan fingerprint density at radius 3 is 2.45 bits per heavy atom. The summed E-state index contributed by atoms with van der Waals surface area (Å²) in [7, 11) is 0. The molecule has 0 N–H and O–H groups in total. The number of pyridine rings is 1. The molecule has 5 heteroatoms. The molecule has 108 valence electrons. The van der Waals surface area contributed by atoms with Crippen LogP contribution in [0.15, 0.2) is 36.7 Å². The van der Waals surface area contributed by atoms with Crippen molar-refractivity contribution in [1.82, 2.24) is 4.98 Å². The van der Waals surface area contributed by atoms with Gasteiger partial charge in [0.1, 0.15) is 11.5 Å². The van der Waals surface area contributed by atoms with Gasteiger partial charge < -0.3 is 0 Å². The van der Waals surface area contributed by atoms with Crippen molar-refractivity contribution in [3.05, 3.63) is 53.1 Å². The highest BCUT2D eigenvalue weighted by molar-refractivity contribution is 6.31. The largest absolute Gasteiger partial charge is 0.261 e. The van der Waals surface area contributed by atoms with Gasteiger partial charge >= 0.3 is 0 Å². The van der Waals surface area contributed by atoms with Gasteiger partial charge in [0, 0.05) is 22.3 Å². The quantitative estimate of drug-likeness (QED) is 0.722. The van der Waals surface area contributed by atoms with Crippen LogP contribution in [0, 0.1) is 5.82 Å². The molecule has 1 aromatic carbocycles. The summed E-state index contributed by atoms with van der Waals surface area (Å²) < 4.78 is 27.4. The standard InChI is InChI=1S/C15H14ClF2N.ClH/c1-3-15(2,18)13-5-4-10(7-14(13)16)11-6-12(17)9-19-8-11;/h4-9H,3H2,1-2H3;1H. The first-order valence-electron chi connectivity index (χ1n) is 6.04. The smallest absolute Gasteiger partial charge is 0.142 e. The molecule has 0 aliphatic rings. The van der Waals surface area contributed by atoms with Crippen LogP contribution in [0.3, 0.4) is 0 Å². The van der Waals surface area contributed by atoms with Crippen LogP contribution in [0.2, 0.25) is 5.02 Å². The Morgan fingerprint density at radius 1 is 1.20 bits per heavy atom. The van der Waals surface area contributed by atoms with Crippen LogP contribution in [-0.4, -0.2) is 4.98 Å². The van der Waals surface area contributed by atoms with Crippen LogP contribution in [0.1, 0.15) is 25.8 Å². The molecule has 0 saturated carbocycles. The molecule has 0 amide bonds. The van der Waals surface area contributed by atoms with E-state index in [4.69, 9.17) is 11.6 Å². The molecular formula is C15H15Cl2F2N. The summed E-state index contributed by atoms with van der Waals surface area (Å²) in [5.41, 5.74) is 0.318. The highest BCUT2D eigenvalue weighted by atomic mass is 35.5. The molecule has 1 heterocycles. The maximum atomic E-state index is 14.3. The maximum Gasteiger partial charge on any atom is 0.142 e. The van der Waals surface area contributed by atoms with Crippen molar-refractivity contribution in [2.24, 2.45) is 0 Å². The molecular weight excluding hydrogens is 303 g/mol. The van der Waals surface area contributed by atoms with Crippen molar-refractivity contribution in [1.29, 1.82) is 0 Å². The van der Waals surface area contributed by atoms with Crippen LogP contribution >= 0.6 is 24.0 Å². The number of alkyl halides is 1. The molecule has 0 bridgehead atoms. The van der Waals surface area contributed by atoms with Gasteiger partial charge in [0.2, 0.25) is 0 Å². The number of aromatic nitrogens is 1. The maximum absolute atomic E-state index is 14.3. The van der Waals surface area contributed by atoms with Crippen LogP contribution in [0.25, 0.3) is 11.1 Å². The summed E-state index contributed by atoms with van der Waals surface area (Å²) in [6, 6.07) is 6.38. The average molecular weight is 318 g/mol. The number of rotatable bonds is 3. The second kappa shape index (κ2) is 6.51. The van der Waals surface area contributed by atoms with Gasteiger partial charge in [-0.05, 0) is 31.0 Å². The highest BCUT2D eigenvalue weighted by Gasteiger charge is 2.26. The minimum Gasteiger partial charge on any atom is -0.261 e. The van der Waals surface area contributed by atoms with Gasteiger partial charge in [-0.2, -0.15) is 0 Å². The fourth-order valence-corrected chi connectivity index (χ4v) is 2.26. The Labute approximate surface area is 128 Å². The minimum absolute atomic E-state index is 0. The molecule has 0 spiro atoms. The number of hydrogen-bond acceptors (Lipinski definition) is 1. The molecule has 2 rings (SSSR count). The van der Waals surface area contributed by atoms with E-state index >= 15 is 0 Å². The molecule has 1 aromatic heterocycles. The molecule has 0 radical (unpaired) electrons. The van der Waals surface area contributed by atoms with Gasteiger partial charge in [0.25, 0.3) is 0 Å². The van der Waals surface area contributed by atoms with Crippen molar-refractivity contribution >= 4 is 24.0 Å². The number of halogens is 4. The fourth-order valence-electron chi connectivity index (χ4n) is 1.88. The normalized spacial score (nSPS) is 13.4. The molecule has 0 aliphatic heterocycles. The summed E-state index contributed by atoms with van der Waals surface area (Å²) in [4.78, 5) is 3.79. The molecule has 1 unspecified atom stereocenters. The van der Waals surface area contributed by atoms with Crippen molar-refractivity contribution in [3.63, 3.8) is 0 Å². The lowest BCUT2D eigenvalue weighted by Gasteiger charge is -2.20. The van der Waals surface area contributed by atoms with Gasteiger partial charge in [0.05, 0.1) is 6.20 Å². The molecule has 0 aliphatic carbocycles. The Kier molecular flexibility index (Phi) is 5.49. The summed E-state index contributed by atoms with van der Waals surface area (Å²) in [5.74, 6) is -0.415. The van der Waals surface area contributed by atoms with E-state index in [2.05, 4.69) is 4.98 Å². The first-order valence-corrected chi connectivity index (χ1v) is 6.41. The van der Waals surface area contributed by atoms with E-state index in [1.165, 1.54) is 13.0 Å². The van der Waals surface area contributed by atoms with Crippen molar-refractivity contribution in [3.8, 4) is 11.1 Å². The zero-order chi connectivity index (χ0) is 14.0. The van der Waals surface area contributed by atoms with Crippen LogP contribution < -0.4 is 0 Å². The Morgan fingerprint density at radius 2 is 1.90 bits per heavy atom. The summed E-state index contributed by atoms with van der Waals surface area (Å²) in [5, 5.41) is 0.341. The van der Waals surface area contributed by atoms with E-state index in [0.717, 1.165) is 6.20 Å². The number of nitrogens with zero attached hydrogens (tertiary/aromatic N) is 1. The fraction of sp³-hybridized carbons (Fsp3) is 0.267. The van der Waals surface area contributed by atoms with E-state index in [0.29, 0.717) is 28.1 Å². The number of hydrogen-bond donors (Lipinski definition) is 0. The number of benzene rings is 1. The van der Waals surface area contributed by atoms with Crippen molar-refractivity contribution < 1.29 is 8.78 Å². The second-order valence-corrected chi connectivity index (χ2v) is 5.04. The van der Waals surface area contributed by atoms with Crippen LogP contribution in [0.5, 0.6) is 0 Å². The SMILES string of the molecule is CCC(C)(F)c1ccc(-c2cncc(F)c2)cc1Cl.Cl. The zero-order valence-electron chi connectivity index (χ0n) is 11.2. The minimum atomic E-state index is -1.46. The third-order valence-electron chi connectivity index (χ3n) is 3.23. The molecule has 1 nitrogen and oxygen atoms in total. The molecule has 0 saturated heterocycles. The topological polar surface area (TPSA) is 12.9 Å². The van der Waals surface area contributed by atoms with E-state index in [1.54, 1.807) is 31.3 Å². The van der Waals surface area contributed by atoms with Crippen molar-refractivity contribution in [2.75, 3.05) is 0 Å². The molecule has 0 fully saturated rings. The third-order valence-corrected chi connectivity index (χ3v) is 3.55. The lowest BCUT2D eigenvalue weighted by atomic mass is 9.93. The van der Waals surface area contributed by atoms with E-state index in [-0.39, 0.29) is 12.4 Å². The molecule has 20 heavy (non-hydrogen) atoms. The molecule has 2 aromatic rings. The Hall–Kier alpha value is -1.19. The van der Waals surface area contributed by atoms with E-state index in [1.807, 2.05) is 0 Å². The Bertz CT molecular complexity index is 600. The van der Waals surface area contributed by atoms with Gasteiger partial charge in [0.15, 0.2) is 0 Å². The van der Waals surface area contributed by atoms with Crippen molar-refractivity contribution in [2.45, 2.75) is 25.9 Å². The lowest BCUT2D eigenvalue weighted by Crippen LogP contribution is -2.14. The first kappa shape index (κ1) is 16.9. The lowest BCUT2D eigenvalue weighted by molar-refractivity contribution is 0.185. The van der Waals surface area contributed by atoms with E-state index in [9.17, 15) is 8.78 Å². The first-order chi connectivity index (χ1) is 8.94. The summed E-state index contributed by atoms with van der Waals surface area (Å²) in [6.07, 6.45) is 3.02. The summed E-state index contributed by atoms with van der Waals surface area (Å²) >= 11 is 6.13. The van der Waals surface area contributed by atoms with Gasteiger partial charge in [-0.3, -0.25) is 4.98 Å². The van der Waals surface area contributed by atoms with Gasteiger partial charge in [-0.25, -0.2) is 8.78 Å². The second-order valence-electron chi connectivity index (χ2n) is 4.64. The summed E-state index contributed by atoms with van der Waals surface area (Å²) in [6.45, 7) is 3.26. The van der Waals surface area contributed by atoms with E-state index < -0.39 is 11.5 Å². The monoisotopic (exact) mass is 317 g/mol. The average Bonchev–Trinajstić information content (AvgIpc) is 2.38. The predicted octanol–water partition coefficient (Wildman–Crippen LogP) is 5.56. The molecule has 1 atom stereocenters. The zero-order valence-corrected chi connectivity index (χ0v) is 12.7. The van der Waals surface area contributed by atoms with Gasteiger partial charge in [-0.15, -0.1) is 12.4 Å². The highest BCUT2D eigenvalue weighted by Crippen LogP contribution is 2.36. The predicted molar refractivity (Wildman–Crippen MR) is 80.6 cm³/mol. The third kappa shape index (κ3) is 3.47. The van der Waals surface area contributed by atoms with Crippen LogP contribution in [0.4, 0.5) is 8.78 Å².